The van der Waals surface area contributed by atoms with Gasteiger partial charge in [-0.1, -0.05) is 17.8 Å². The van der Waals surface area contributed by atoms with E-state index in [1.54, 1.807) is 24.2 Å². The minimum Gasteiger partial charge on any atom is -0.463 e. The first-order chi connectivity index (χ1) is 10.8. The average molecular weight is 311 g/mol. The van der Waals surface area contributed by atoms with Gasteiger partial charge in [0.2, 0.25) is 0 Å². The number of hydrogen-bond acceptors (Lipinski definition) is 6. The highest BCUT2D eigenvalue weighted by Gasteiger charge is 2.30. The molecule has 1 unspecified atom stereocenters. The van der Waals surface area contributed by atoms with E-state index in [2.05, 4.69) is 15.2 Å². The normalized spacial score (nSPS) is 17.8. The molecule has 0 fully saturated rings. The number of hydrogen-bond donors (Lipinski definition) is 2. The molecular weight excluding hydrogens is 298 g/mol. The van der Waals surface area contributed by atoms with Gasteiger partial charge in [-0.2, -0.15) is 5.10 Å². The van der Waals surface area contributed by atoms with Crippen LogP contribution in [0.2, 0.25) is 0 Å². The smallest absolute Gasteiger partial charge is 0.154 e. The molecule has 0 spiro atoms. The van der Waals surface area contributed by atoms with E-state index >= 15 is 0 Å². The minimum absolute atomic E-state index is 0.218. The standard InChI is InChI=1S/C15H13N5OS/c16-15-20(13-5-1-2-6-17-13)11(9-22-15)10-8-18-19-14(10)12-4-3-7-21-12/h1-9,15H,16H2,(H,18,19). The second-order valence-electron chi connectivity index (χ2n) is 4.71. The maximum absolute atomic E-state index is 6.22. The summed E-state index contributed by atoms with van der Waals surface area (Å²) >= 11 is 1.54. The molecule has 4 rings (SSSR count). The predicted molar refractivity (Wildman–Crippen MR) is 86.5 cm³/mol. The Hall–Kier alpha value is -2.51. The van der Waals surface area contributed by atoms with Gasteiger partial charge in [0.25, 0.3) is 0 Å². The van der Waals surface area contributed by atoms with Gasteiger partial charge in [0.1, 0.15) is 17.0 Å². The molecule has 7 heteroatoms. The molecule has 3 aromatic heterocycles. The number of rotatable bonds is 3. The van der Waals surface area contributed by atoms with E-state index in [-0.39, 0.29) is 5.50 Å². The summed E-state index contributed by atoms with van der Waals surface area (Å²) in [6, 6.07) is 9.49. The van der Waals surface area contributed by atoms with Crippen LogP contribution in [0.15, 0.2) is 58.8 Å². The maximum atomic E-state index is 6.22. The molecule has 1 aliphatic rings. The molecule has 0 bridgehead atoms. The van der Waals surface area contributed by atoms with E-state index in [0.717, 1.165) is 22.8 Å². The first-order valence-electron chi connectivity index (χ1n) is 6.74. The molecule has 0 saturated heterocycles. The number of aromatic nitrogens is 3. The van der Waals surface area contributed by atoms with Crippen LogP contribution < -0.4 is 10.6 Å². The summed E-state index contributed by atoms with van der Waals surface area (Å²) in [6.45, 7) is 0. The number of thioether (sulfide) groups is 1. The molecule has 0 aliphatic carbocycles. The first-order valence-corrected chi connectivity index (χ1v) is 7.68. The van der Waals surface area contributed by atoms with Crippen molar-refractivity contribution in [3.63, 3.8) is 0 Å². The molecule has 3 aromatic rings. The van der Waals surface area contributed by atoms with Crippen molar-refractivity contribution >= 4 is 23.3 Å². The quantitative estimate of drug-likeness (QED) is 0.774. The number of furan rings is 1. The Labute approximate surface area is 131 Å². The second kappa shape index (κ2) is 5.36. The van der Waals surface area contributed by atoms with Gasteiger partial charge in [-0.05, 0) is 29.7 Å². The molecule has 6 nitrogen and oxygen atoms in total. The lowest BCUT2D eigenvalue weighted by molar-refractivity contribution is 0.579. The Bertz CT molecular complexity index is 796. The summed E-state index contributed by atoms with van der Waals surface area (Å²) in [4.78, 5) is 6.39. The van der Waals surface area contributed by atoms with Crippen LogP contribution in [-0.2, 0) is 0 Å². The van der Waals surface area contributed by atoms with Crippen LogP contribution >= 0.6 is 11.8 Å². The number of H-pyrrole nitrogens is 1. The zero-order valence-electron chi connectivity index (χ0n) is 11.5. The Balaban J connectivity index is 1.78. The molecule has 1 aliphatic heterocycles. The molecular formula is C15H13N5OS. The number of nitrogens with two attached hydrogens (primary N) is 1. The molecule has 22 heavy (non-hydrogen) atoms. The molecule has 0 radical (unpaired) electrons. The monoisotopic (exact) mass is 311 g/mol. The highest BCUT2D eigenvalue weighted by atomic mass is 32.2. The average Bonchev–Trinajstić information content (AvgIpc) is 3.27. The molecule has 0 amide bonds. The summed E-state index contributed by atoms with van der Waals surface area (Å²) in [5.74, 6) is 1.52. The van der Waals surface area contributed by atoms with Gasteiger partial charge in [-0.15, -0.1) is 0 Å². The van der Waals surface area contributed by atoms with Crippen molar-refractivity contribution in [2.45, 2.75) is 5.50 Å². The summed E-state index contributed by atoms with van der Waals surface area (Å²) < 4.78 is 5.46. The van der Waals surface area contributed by atoms with Gasteiger partial charge in [0.15, 0.2) is 5.76 Å². The van der Waals surface area contributed by atoms with E-state index in [0.29, 0.717) is 5.76 Å². The summed E-state index contributed by atoms with van der Waals surface area (Å²) in [5.41, 5.74) is 8.64. The fourth-order valence-corrected chi connectivity index (χ4v) is 3.27. The van der Waals surface area contributed by atoms with E-state index < -0.39 is 0 Å². The van der Waals surface area contributed by atoms with E-state index in [4.69, 9.17) is 10.2 Å². The Morgan fingerprint density at radius 3 is 3.00 bits per heavy atom. The van der Waals surface area contributed by atoms with Crippen molar-refractivity contribution in [2.75, 3.05) is 4.90 Å². The van der Waals surface area contributed by atoms with Crippen molar-refractivity contribution in [3.8, 4) is 11.5 Å². The molecule has 4 heterocycles. The van der Waals surface area contributed by atoms with Crippen LogP contribution in [0, 0.1) is 0 Å². The Kier molecular flexibility index (Phi) is 3.21. The van der Waals surface area contributed by atoms with E-state index in [9.17, 15) is 0 Å². The Morgan fingerprint density at radius 1 is 1.27 bits per heavy atom. The van der Waals surface area contributed by atoms with Gasteiger partial charge in [-0.25, -0.2) is 4.98 Å². The highest BCUT2D eigenvalue weighted by Crippen LogP contribution is 2.40. The fourth-order valence-electron chi connectivity index (χ4n) is 2.42. The van der Waals surface area contributed by atoms with Crippen molar-refractivity contribution < 1.29 is 4.42 Å². The van der Waals surface area contributed by atoms with Gasteiger partial charge in [0, 0.05) is 18.0 Å². The van der Waals surface area contributed by atoms with Crippen LogP contribution in [0.3, 0.4) is 0 Å². The van der Waals surface area contributed by atoms with Crippen LogP contribution in [0.1, 0.15) is 5.56 Å². The summed E-state index contributed by atoms with van der Waals surface area (Å²) in [7, 11) is 0. The molecule has 3 N–H and O–H groups in total. The number of anilines is 1. The number of aromatic amines is 1. The minimum atomic E-state index is -0.218. The third-order valence-corrected chi connectivity index (χ3v) is 4.25. The van der Waals surface area contributed by atoms with Gasteiger partial charge < -0.3 is 10.2 Å². The van der Waals surface area contributed by atoms with Crippen LogP contribution in [0.4, 0.5) is 5.82 Å². The van der Waals surface area contributed by atoms with E-state index in [1.165, 1.54) is 0 Å². The van der Waals surface area contributed by atoms with Crippen LogP contribution in [0.25, 0.3) is 17.2 Å². The zero-order chi connectivity index (χ0) is 14.9. The van der Waals surface area contributed by atoms with Crippen molar-refractivity contribution in [1.82, 2.24) is 15.2 Å². The number of nitrogens with one attached hydrogen (secondary N) is 1. The lowest BCUT2D eigenvalue weighted by atomic mass is 10.1. The summed E-state index contributed by atoms with van der Waals surface area (Å²) in [6.07, 6.45) is 5.23. The van der Waals surface area contributed by atoms with Gasteiger partial charge in [0.05, 0.1) is 12.0 Å². The van der Waals surface area contributed by atoms with Crippen molar-refractivity contribution in [3.05, 3.63) is 60.0 Å². The lowest BCUT2D eigenvalue weighted by Crippen LogP contribution is -2.35. The summed E-state index contributed by atoms with van der Waals surface area (Å²) in [5, 5.41) is 9.23. The second-order valence-corrected chi connectivity index (χ2v) is 5.70. The van der Waals surface area contributed by atoms with Gasteiger partial charge in [-0.3, -0.25) is 10.00 Å². The number of nitrogens with zero attached hydrogens (tertiary/aromatic N) is 3. The highest BCUT2D eigenvalue weighted by molar-refractivity contribution is 8.03. The molecule has 110 valence electrons. The topological polar surface area (TPSA) is 84.0 Å². The van der Waals surface area contributed by atoms with Crippen LogP contribution in [-0.4, -0.2) is 20.7 Å². The first kappa shape index (κ1) is 13.2. The SMILES string of the molecule is NC1SC=C(c2c[nH]nc2-c2ccco2)N1c1ccccn1. The van der Waals surface area contributed by atoms with E-state index in [1.807, 2.05) is 46.8 Å². The molecule has 0 saturated carbocycles. The van der Waals surface area contributed by atoms with Crippen LogP contribution in [0.5, 0.6) is 0 Å². The number of pyridine rings is 1. The zero-order valence-corrected chi connectivity index (χ0v) is 12.3. The largest absolute Gasteiger partial charge is 0.463 e. The van der Waals surface area contributed by atoms with Crippen molar-refractivity contribution in [2.24, 2.45) is 5.73 Å². The van der Waals surface area contributed by atoms with Crippen molar-refractivity contribution in [1.29, 1.82) is 0 Å². The third-order valence-electron chi connectivity index (χ3n) is 3.40. The lowest BCUT2D eigenvalue weighted by Gasteiger charge is -2.25. The predicted octanol–water partition coefficient (Wildman–Crippen LogP) is 2.86. The Morgan fingerprint density at radius 2 is 2.23 bits per heavy atom. The maximum Gasteiger partial charge on any atom is 0.154 e. The molecule has 0 aromatic carbocycles. The van der Waals surface area contributed by atoms with Gasteiger partial charge >= 0.3 is 0 Å². The molecule has 1 atom stereocenters. The third kappa shape index (κ3) is 2.11. The fraction of sp³-hybridized carbons (Fsp3) is 0.0667.